The lowest BCUT2D eigenvalue weighted by Crippen LogP contribution is -2.57. The van der Waals surface area contributed by atoms with Gasteiger partial charge in [0.2, 0.25) is 5.91 Å². The molecule has 4 rings (SSSR count). The number of carbonyl (C=O) groups is 2. The Bertz CT molecular complexity index is 744. The van der Waals surface area contributed by atoms with Crippen molar-refractivity contribution in [1.29, 1.82) is 0 Å². The lowest BCUT2D eigenvalue weighted by molar-refractivity contribution is -0.119. The molecule has 0 spiro atoms. The molecule has 0 N–H and O–H groups in total. The van der Waals surface area contributed by atoms with Gasteiger partial charge in [0.25, 0.3) is 0 Å². The fourth-order valence-corrected chi connectivity index (χ4v) is 4.77. The van der Waals surface area contributed by atoms with Gasteiger partial charge in [-0.25, -0.2) is 4.79 Å². The molecule has 2 amide bonds. The van der Waals surface area contributed by atoms with E-state index in [0.29, 0.717) is 13.0 Å². The van der Waals surface area contributed by atoms with Gasteiger partial charge in [-0.3, -0.25) is 14.6 Å². The van der Waals surface area contributed by atoms with E-state index in [2.05, 4.69) is 17.0 Å². The number of fused-ring (bicyclic) bond motifs is 3. The fraction of sp³-hybridized carbons (Fsp3) is 0.636. The summed E-state index contributed by atoms with van der Waals surface area (Å²) in [6.07, 6.45) is 3.32. The summed E-state index contributed by atoms with van der Waals surface area (Å²) in [6.45, 7) is 9.01. The third-order valence-electron chi connectivity index (χ3n) is 5.99. The number of amides is 2. The second kappa shape index (κ2) is 7.39. The Labute approximate surface area is 167 Å². The summed E-state index contributed by atoms with van der Waals surface area (Å²) in [5.41, 5.74) is 1.86. The minimum absolute atomic E-state index is 0.181. The van der Waals surface area contributed by atoms with E-state index in [1.165, 1.54) is 5.56 Å². The molecular weight excluding hydrogens is 354 g/mol. The fourth-order valence-electron chi connectivity index (χ4n) is 4.77. The van der Waals surface area contributed by atoms with Crippen molar-refractivity contribution in [2.75, 3.05) is 31.1 Å². The van der Waals surface area contributed by atoms with Crippen LogP contribution in [0.25, 0.3) is 0 Å². The minimum Gasteiger partial charge on any atom is -0.444 e. The van der Waals surface area contributed by atoms with Gasteiger partial charge in [0.15, 0.2) is 0 Å². The monoisotopic (exact) mass is 385 g/mol. The number of piperazine rings is 1. The molecule has 3 aliphatic heterocycles. The van der Waals surface area contributed by atoms with Crippen molar-refractivity contribution in [3.63, 3.8) is 0 Å². The van der Waals surface area contributed by atoms with Crippen LogP contribution in [0.3, 0.4) is 0 Å². The Morgan fingerprint density at radius 2 is 1.75 bits per heavy atom. The van der Waals surface area contributed by atoms with E-state index >= 15 is 0 Å². The number of benzene rings is 1. The zero-order valence-corrected chi connectivity index (χ0v) is 17.2. The molecule has 152 valence electrons. The zero-order valence-electron chi connectivity index (χ0n) is 17.2. The molecule has 3 aliphatic rings. The van der Waals surface area contributed by atoms with Gasteiger partial charge in [-0.1, -0.05) is 18.2 Å². The van der Waals surface area contributed by atoms with Crippen LogP contribution in [0.1, 0.15) is 45.6 Å². The van der Waals surface area contributed by atoms with Crippen LogP contribution in [0, 0.1) is 0 Å². The first-order chi connectivity index (χ1) is 13.3. The number of hydrogen-bond acceptors (Lipinski definition) is 4. The van der Waals surface area contributed by atoms with Crippen LogP contribution in [-0.4, -0.2) is 65.7 Å². The van der Waals surface area contributed by atoms with Gasteiger partial charge in [0.1, 0.15) is 5.60 Å². The maximum Gasteiger partial charge on any atom is 0.410 e. The maximum absolute atomic E-state index is 12.6. The highest BCUT2D eigenvalue weighted by Crippen LogP contribution is 2.32. The Morgan fingerprint density at radius 1 is 1.07 bits per heavy atom. The maximum atomic E-state index is 12.6. The summed E-state index contributed by atoms with van der Waals surface area (Å²) < 4.78 is 5.62. The molecule has 3 heterocycles. The molecule has 0 aromatic heterocycles. The molecule has 28 heavy (non-hydrogen) atoms. The van der Waals surface area contributed by atoms with E-state index < -0.39 is 5.60 Å². The Kier molecular flexibility index (Phi) is 5.08. The third kappa shape index (κ3) is 3.88. The van der Waals surface area contributed by atoms with E-state index in [1.807, 2.05) is 42.7 Å². The van der Waals surface area contributed by atoms with Crippen LogP contribution in [0.4, 0.5) is 10.5 Å². The molecule has 2 fully saturated rings. The van der Waals surface area contributed by atoms with Gasteiger partial charge in [-0.15, -0.1) is 0 Å². The number of hydrogen-bond donors (Lipinski definition) is 0. The first-order valence-electron chi connectivity index (χ1n) is 10.4. The standard InChI is InChI=1S/C22H31N3O3/c1-22(2,3)28-21(27)25-17-9-10-18(25)15-23(14-17)12-13-24-19-7-5-4-6-16(19)8-11-20(24)26/h4-7,17-18H,8-15H2,1-3H3. The lowest BCUT2D eigenvalue weighted by Gasteiger charge is -2.42. The van der Waals surface area contributed by atoms with E-state index in [9.17, 15) is 9.59 Å². The normalized spacial score (nSPS) is 25.0. The van der Waals surface area contributed by atoms with Gasteiger partial charge in [0.05, 0.1) is 0 Å². The van der Waals surface area contributed by atoms with Crippen LogP contribution >= 0.6 is 0 Å². The highest BCUT2D eigenvalue weighted by atomic mass is 16.6. The molecule has 0 aliphatic carbocycles. The van der Waals surface area contributed by atoms with Crippen molar-refractivity contribution in [1.82, 2.24) is 9.80 Å². The predicted molar refractivity (Wildman–Crippen MR) is 108 cm³/mol. The highest BCUT2D eigenvalue weighted by Gasteiger charge is 2.44. The molecule has 2 unspecified atom stereocenters. The zero-order chi connectivity index (χ0) is 19.9. The molecule has 1 aromatic carbocycles. The summed E-state index contributed by atoms with van der Waals surface area (Å²) >= 11 is 0. The number of likely N-dealkylation sites (tertiary alicyclic amines) is 1. The Hall–Kier alpha value is -2.08. The van der Waals surface area contributed by atoms with E-state index in [-0.39, 0.29) is 24.1 Å². The average molecular weight is 386 g/mol. The molecule has 2 atom stereocenters. The summed E-state index contributed by atoms with van der Waals surface area (Å²) in [4.78, 5) is 31.4. The Morgan fingerprint density at radius 3 is 2.43 bits per heavy atom. The molecule has 2 saturated heterocycles. The topological polar surface area (TPSA) is 53.1 Å². The van der Waals surface area contributed by atoms with Crippen LogP contribution < -0.4 is 4.90 Å². The lowest BCUT2D eigenvalue weighted by atomic mass is 10.0. The van der Waals surface area contributed by atoms with Crippen molar-refractivity contribution in [2.24, 2.45) is 0 Å². The predicted octanol–water partition coefficient (Wildman–Crippen LogP) is 3.05. The van der Waals surface area contributed by atoms with Crippen molar-refractivity contribution in [2.45, 2.75) is 64.1 Å². The Balaban J connectivity index is 1.37. The van der Waals surface area contributed by atoms with E-state index in [0.717, 1.165) is 44.6 Å². The molecular formula is C22H31N3O3. The second-order valence-corrected chi connectivity index (χ2v) is 9.21. The van der Waals surface area contributed by atoms with Gasteiger partial charge >= 0.3 is 6.09 Å². The summed E-state index contributed by atoms with van der Waals surface area (Å²) in [6, 6.07) is 8.66. The van der Waals surface area contributed by atoms with Gasteiger partial charge in [-0.2, -0.15) is 0 Å². The minimum atomic E-state index is -0.463. The van der Waals surface area contributed by atoms with Crippen LogP contribution in [0.15, 0.2) is 24.3 Å². The third-order valence-corrected chi connectivity index (χ3v) is 5.99. The summed E-state index contributed by atoms with van der Waals surface area (Å²) in [5.74, 6) is 0.217. The van der Waals surface area contributed by atoms with Crippen LogP contribution in [0.2, 0.25) is 0 Å². The molecule has 0 radical (unpaired) electrons. The summed E-state index contributed by atoms with van der Waals surface area (Å²) in [5, 5.41) is 0. The number of rotatable bonds is 3. The van der Waals surface area contributed by atoms with E-state index in [4.69, 9.17) is 4.74 Å². The molecule has 1 aromatic rings. The number of para-hydroxylation sites is 1. The average Bonchev–Trinajstić information content (AvgIpc) is 2.90. The number of carbonyl (C=O) groups excluding carboxylic acids is 2. The number of aryl methyl sites for hydroxylation is 1. The molecule has 0 saturated carbocycles. The van der Waals surface area contributed by atoms with Crippen LogP contribution in [-0.2, 0) is 16.0 Å². The first-order valence-corrected chi connectivity index (χ1v) is 10.4. The SMILES string of the molecule is CC(C)(C)OC(=O)N1C2CCC1CN(CCN1C(=O)CCc3ccccc31)C2. The van der Waals surface area contributed by atoms with Crippen molar-refractivity contribution in [3.05, 3.63) is 29.8 Å². The number of anilines is 1. The summed E-state index contributed by atoms with van der Waals surface area (Å²) in [7, 11) is 0. The molecule has 2 bridgehead atoms. The quantitative estimate of drug-likeness (QED) is 0.803. The van der Waals surface area contributed by atoms with Crippen molar-refractivity contribution in [3.8, 4) is 0 Å². The second-order valence-electron chi connectivity index (χ2n) is 9.21. The van der Waals surface area contributed by atoms with E-state index in [1.54, 1.807) is 0 Å². The van der Waals surface area contributed by atoms with Gasteiger partial charge in [0, 0.05) is 50.4 Å². The largest absolute Gasteiger partial charge is 0.444 e. The van der Waals surface area contributed by atoms with Gasteiger partial charge < -0.3 is 9.64 Å². The number of ether oxygens (including phenoxy) is 1. The van der Waals surface area contributed by atoms with Crippen LogP contribution in [0.5, 0.6) is 0 Å². The van der Waals surface area contributed by atoms with Crippen molar-refractivity contribution < 1.29 is 14.3 Å². The first kappa shape index (κ1) is 19.2. The smallest absolute Gasteiger partial charge is 0.410 e. The molecule has 6 nitrogen and oxygen atoms in total. The van der Waals surface area contributed by atoms with Gasteiger partial charge in [-0.05, 0) is 51.7 Å². The van der Waals surface area contributed by atoms with Crippen molar-refractivity contribution >= 4 is 17.7 Å². The highest BCUT2D eigenvalue weighted by molar-refractivity contribution is 5.96. The molecule has 6 heteroatoms. The number of nitrogens with zero attached hydrogens (tertiary/aromatic N) is 3.